The van der Waals surface area contributed by atoms with Gasteiger partial charge in [-0.25, -0.2) is 0 Å². The third kappa shape index (κ3) is 5.71. The molecule has 2 aliphatic rings. The van der Waals surface area contributed by atoms with Crippen LogP contribution < -0.4 is 4.74 Å². The van der Waals surface area contributed by atoms with Gasteiger partial charge in [-0.05, 0) is 74.8 Å². The molecular weight excluding hydrogens is 356 g/mol. The van der Waals surface area contributed by atoms with Gasteiger partial charge in [-0.1, -0.05) is 12.1 Å². The molecule has 2 aliphatic heterocycles. The average Bonchev–Trinajstić information content (AvgIpc) is 3.21. The van der Waals surface area contributed by atoms with Crippen LogP contribution in [0, 0.1) is 11.8 Å². The van der Waals surface area contributed by atoms with E-state index < -0.39 is 5.97 Å². The number of carboxylic acids is 1. The monoisotopic (exact) mass is 388 g/mol. The van der Waals surface area contributed by atoms with Gasteiger partial charge in [0.05, 0.1) is 13.5 Å². The van der Waals surface area contributed by atoms with Crippen LogP contribution in [0.15, 0.2) is 24.3 Å². The Morgan fingerprint density at radius 3 is 2.46 bits per heavy atom. The van der Waals surface area contributed by atoms with Crippen LogP contribution in [0.2, 0.25) is 0 Å². The molecule has 2 saturated heterocycles. The summed E-state index contributed by atoms with van der Waals surface area (Å²) in [5, 5.41) is 9.27. The van der Waals surface area contributed by atoms with Gasteiger partial charge in [0.1, 0.15) is 5.75 Å². The van der Waals surface area contributed by atoms with Gasteiger partial charge >= 0.3 is 5.97 Å². The standard InChI is InChI=1S/C22H32N2O4/c1-28-20-6-4-17(5-7-20)14-21(25)24-13-9-18(15-22(26)27)19(16-24)8-12-23-10-2-3-11-23/h4-7,18-19H,2-3,8-16H2,1H3,(H,26,27). The van der Waals surface area contributed by atoms with Crippen LogP contribution in [-0.4, -0.2) is 66.6 Å². The Hall–Kier alpha value is -2.08. The number of carbonyl (C=O) groups excluding carboxylic acids is 1. The second-order valence-electron chi connectivity index (χ2n) is 8.11. The molecule has 0 saturated carbocycles. The van der Waals surface area contributed by atoms with Gasteiger partial charge in [0.25, 0.3) is 0 Å². The second kappa shape index (κ2) is 9.92. The Kier molecular flexibility index (Phi) is 7.31. The van der Waals surface area contributed by atoms with E-state index >= 15 is 0 Å². The molecule has 2 unspecified atom stereocenters. The number of likely N-dealkylation sites (tertiary alicyclic amines) is 2. The first kappa shape index (κ1) is 20.6. The number of carboxylic acid groups (broad SMARTS) is 1. The van der Waals surface area contributed by atoms with Crippen molar-refractivity contribution < 1.29 is 19.4 Å². The Morgan fingerprint density at radius 1 is 1.11 bits per heavy atom. The largest absolute Gasteiger partial charge is 0.497 e. The molecule has 0 radical (unpaired) electrons. The van der Waals surface area contributed by atoms with E-state index in [0.29, 0.717) is 19.5 Å². The zero-order valence-corrected chi connectivity index (χ0v) is 16.8. The number of aliphatic carboxylic acids is 1. The zero-order chi connectivity index (χ0) is 19.9. The van der Waals surface area contributed by atoms with Gasteiger partial charge in [-0.15, -0.1) is 0 Å². The maximum absolute atomic E-state index is 12.8. The predicted octanol–water partition coefficient (Wildman–Crippen LogP) is 2.66. The summed E-state index contributed by atoms with van der Waals surface area (Å²) in [6, 6.07) is 7.61. The minimum absolute atomic E-state index is 0.130. The minimum Gasteiger partial charge on any atom is -0.497 e. The van der Waals surface area contributed by atoms with Crippen molar-refractivity contribution in [2.75, 3.05) is 39.8 Å². The van der Waals surface area contributed by atoms with Crippen molar-refractivity contribution in [1.29, 1.82) is 0 Å². The molecule has 0 spiro atoms. The molecule has 154 valence electrons. The first-order valence-corrected chi connectivity index (χ1v) is 10.4. The summed E-state index contributed by atoms with van der Waals surface area (Å²) in [6.45, 7) is 4.65. The molecule has 2 atom stereocenters. The summed E-state index contributed by atoms with van der Waals surface area (Å²) in [5.74, 6) is 0.627. The highest BCUT2D eigenvalue weighted by Crippen LogP contribution is 2.30. The maximum Gasteiger partial charge on any atom is 0.303 e. The van der Waals surface area contributed by atoms with Gasteiger partial charge in [0, 0.05) is 19.5 Å². The van der Waals surface area contributed by atoms with Crippen molar-refractivity contribution >= 4 is 11.9 Å². The zero-order valence-electron chi connectivity index (χ0n) is 16.8. The smallest absolute Gasteiger partial charge is 0.303 e. The third-order valence-corrected chi connectivity index (χ3v) is 6.21. The molecule has 1 amide bonds. The SMILES string of the molecule is COc1ccc(CC(=O)N2CCC(CC(=O)O)C(CCN3CCCC3)C2)cc1. The Bertz CT molecular complexity index is 655. The number of nitrogens with zero attached hydrogens (tertiary/aromatic N) is 2. The predicted molar refractivity (Wildman–Crippen MR) is 107 cm³/mol. The van der Waals surface area contributed by atoms with Gasteiger partial charge < -0.3 is 19.6 Å². The van der Waals surface area contributed by atoms with Gasteiger partial charge in [-0.2, -0.15) is 0 Å². The summed E-state index contributed by atoms with van der Waals surface area (Å²) in [4.78, 5) is 28.5. The Morgan fingerprint density at radius 2 is 1.82 bits per heavy atom. The van der Waals surface area contributed by atoms with Crippen LogP contribution in [-0.2, 0) is 16.0 Å². The molecule has 28 heavy (non-hydrogen) atoms. The summed E-state index contributed by atoms with van der Waals surface area (Å²) < 4.78 is 5.17. The number of amides is 1. The molecule has 1 aromatic carbocycles. The number of carbonyl (C=O) groups is 2. The Labute approximate surface area is 167 Å². The van der Waals surface area contributed by atoms with Crippen molar-refractivity contribution in [3.8, 4) is 5.75 Å². The summed E-state index contributed by atoms with van der Waals surface area (Å²) in [7, 11) is 1.63. The van der Waals surface area contributed by atoms with E-state index in [0.717, 1.165) is 43.8 Å². The summed E-state index contributed by atoms with van der Waals surface area (Å²) in [6.07, 6.45) is 4.87. The van der Waals surface area contributed by atoms with Crippen LogP contribution in [0.5, 0.6) is 5.75 Å². The van der Waals surface area contributed by atoms with E-state index in [1.807, 2.05) is 29.2 Å². The van der Waals surface area contributed by atoms with Gasteiger partial charge in [-0.3, -0.25) is 9.59 Å². The fourth-order valence-corrected chi connectivity index (χ4v) is 4.51. The van der Waals surface area contributed by atoms with Crippen LogP contribution in [0.4, 0.5) is 0 Å². The molecule has 0 aromatic heterocycles. The van der Waals surface area contributed by atoms with Crippen molar-refractivity contribution in [1.82, 2.24) is 9.80 Å². The van der Waals surface area contributed by atoms with E-state index in [2.05, 4.69) is 4.90 Å². The lowest BCUT2D eigenvalue weighted by molar-refractivity contribution is -0.139. The fraction of sp³-hybridized carbons (Fsp3) is 0.636. The van der Waals surface area contributed by atoms with Crippen LogP contribution in [0.1, 0.15) is 37.7 Å². The van der Waals surface area contributed by atoms with Gasteiger partial charge in [0.2, 0.25) is 5.91 Å². The quantitative estimate of drug-likeness (QED) is 0.741. The number of hydrogen-bond donors (Lipinski definition) is 1. The first-order valence-electron chi connectivity index (χ1n) is 10.4. The van der Waals surface area contributed by atoms with Crippen LogP contribution >= 0.6 is 0 Å². The lowest BCUT2D eigenvalue weighted by atomic mass is 9.81. The van der Waals surface area contributed by atoms with E-state index in [1.165, 1.54) is 12.8 Å². The maximum atomic E-state index is 12.8. The van der Waals surface area contributed by atoms with E-state index in [4.69, 9.17) is 4.74 Å². The lowest BCUT2D eigenvalue weighted by Crippen LogP contribution is -2.45. The topological polar surface area (TPSA) is 70.1 Å². The van der Waals surface area contributed by atoms with Crippen LogP contribution in [0.3, 0.4) is 0 Å². The van der Waals surface area contributed by atoms with Crippen molar-refractivity contribution in [2.45, 2.75) is 38.5 Å². The van der Waals surface area contributed by atoms with Crippen molar-refractivity contribution in [2.24, 2.45) is 11.8 Å². The first-order chi connectivity index (χ1) is 13.5. The molecule has 6 nitrogen and oxygen atoms in total. The molecule has 2 fully saturated rings. The molecular formula is C22H32N2O4. The highest BCUT2D eigenvalue weighted by molar-refractivity contribution is 5.79. The Balaban J connectivity index is 1.57. The molecule has 6 heteroatoms. The van der Waals surface area contributed by atoms with E-state index in [-0.39, 0.29) is 24.2 Å². The summed E-state index contributed by atoms with van der Waals surface area (Å²) >= 11 is 0. The molecule has 1 N–H and O–H groups in total. The van der Waals surface area contributed by atoms with E-state index in [9.17, 15) is 14.7 Å². The fourth-order valence-electron chi connectivity index (χ4n) is 4.51. The van der Waals surface area contributed by atoms with Crippen molar-refractivity contribution in [3.63, 3.8) is 0 Å². The van der Waals surface area contributed by atoms with Crippen molar-refractivity contribution in [3.05, 3.63) is 29.8 Å². The third-order valence-electron chi connectivity index (χ3n) is 6.21. The number of ether oxygens (including phenoxy) is 1. The summed E-state index contributed by atoms with van der Waals surface area (Å²) in [5.41, 5.74) is 0.979. The number of benzene rings is 1. The normalized spacial score (nSPS) is 23.0. The van der Waals surface area contributed by atoms with Crippen LogP contribution in [0.25, 0.3) is 0 Å². The number of methoxy groups -OCH3 is 1. The number of piperidine rings is 1. The van der Waals surface area contributed by atoms with E-state index in [1.54, 1.807) is 7.11 Å². The second-order valence-corrected chi connectivity index (χ2v) is 8.11. The molecule has 1 aromatic rings. The molecule has 0 aliphatic carbocycles. The average molecular weight is 389 g/mol. The number of hydrogen-bond acceptors (Lipinski definition) is 4. The minimum atomic E-state index is -0.728. The van der Waals surface area contributed by atoms with Gasteiger partial charge in [0.15, 0.2) is 0 Å². The molecule has 2 heterocycles. The molecule has 0 bridgehead atoms. The highest BCUT2D eigenvalue weighted by Gasteiger charge is 2.33. The molecule has 3 rings (SSSR count). The highest BCUT2D eigenvalue weighted by atomic mass is 16.5. The number of rotatable bonds is 8. The lowest BCUT2D eigenvalue weighted by Gasteiger charge is -2.39.